The smallest absolute Gasteiger partial charge is 0.229 e. The number of thiocarbonyl (C=S) groups is 1. The lowest BCUT2D eigenvalue weighted by Crippen LogP contribution is -2.29. The maximum atomic E-state index is 11.8. The van der Waals surface area contributed by atoms with Crippen molar-refractivity contribution >= 4 is 38.7 Å². The van der Waals surface area contributed by atoms with Gasteiger partial charge in [-0.3, -0.25) is 14.4 Å². The standard InChI is InChI=1S/C24H26N8O2S2/c1-15-11-18(8-9-20(15)29-36(4,33)34)31-23(22(28-24(31)35)21-7-5-6-10-25-21)19-12-16(2)32(17(19)3)30-13-26-27-14-30/h5-14,22-23,29H,1-4H3,(H,28,35)/t22-,23+/m1/s1. The van der Waals surface area contributed by atoms with Crippen molar-refractivity contribution < 1.29 is 8.42 Å². The van der Waals surface area contributed by atoms with Gasteiger partial charge in [-0.15, -0.1) is 10.2 Å². The number of rotatable bonds is 6. The van der Waals surface area contributed by atoms with Crippen LogP contribution < -0.4 is 14.9 Å². The van der Waals surface area contributed by atoms with Crippen LogP contribution in [-0.4, -0.2) is 44.3 Å². The molecule has 3 aromatic heterocycles. The van der Waals surface area contributed by atoms with Gasteiger partial charge in [0, 0.05) is 28.8 Å². The lowest BCUT2D eigenvalue weighted by molar-refractivity contribution is 0.557. The maximum absolute atomic E-state index is 11.8. The molecule has 1 aromatic carbocycles. The molecule has 0 aliphatic carbocycles. The van der Waals surface area contributed by atoms with E-state index in [0.717, 1.165) is 40.2 Å². The summed E-state index contributed by atoms with van der Waals surface area (Å²) in [7, 11) is -3.40. The molecule has 0 spiro atoms. The number of hydrogen-bond acceptors (Lipinski definition) is 6. The second-order valence-electron chi connectivity index (χ2n) is 8.85. The lowest BCUT2D eigenvalue weighted by Gasteiger charge is -2.28. The van der Waals surface area contributed by atoms with Crippen LogP contribution in [0.3, 0.4) is 0 Å². The molecular formula is C24H26N8O2S2. The normalized spacial score (nSPS) is 17.9. The molecule has 12 heteroatoms. The van der Waals surface area contributed by atoms with Gasteiger partial charge < -0.3 is 10.2 Å². The first kappa shape index (κ1) is 23.9. The molecule has 2 N–H and O–H groups in total. The zero-order valence-corrected chi connectivity index (χ0v) is 21.9. The molecular weight excluding hydrogens is 496 g/mol. The van der Waals surface area contributed by atoms with Crippen LogP contribution in [0.1, 0.15) is 40.3 Å². The average Bonchev–Trinajstić information content (AvgIpc) is 3.53. The summed E-state index contributed by atoms with van der Waals surface area (Å²) in [6, 6.07) is 13.1. The van der Waals surface area contributed by atoms with Crippen LogP contribution in [0.4, 0.5) is 11.4 Å². The Morgan fingerprint density at radius 2 is 1.81 bits per heavy atom. The highest BCUT2D eigenvalue weighted by atomic mass is 32.2. The summed E-state index contributed by atoms with van der Waals surface area (Å²) in [5.74, 6) is 0. The molecule has 4 aromatic rings. The van der Waals surface area contributed by atoms with Crippen LogP contribution in [0.25, 0.3) is 0 Å². The Balaban J connectivity index is 1.64. The molecule has 0 bridgehead atoms. The SMILES string of the molecule is Cc1cc(N2C(=S)N[C@H](c3ccccn3)[C@@H]2c2cc(C)n(-n3cnnc3)c2C)ccc1NS(C)(=O)=O. The fraction of sp³-hybridized carbons (Fsp3) is 0.250. The summed E-state index contributed by atoms with van der Waals surface area (Å²) in [5, 5.41) is 12.0. The number of benzene rings is 1. The highest BCUT2D eigenvalue weighted by Gasteiger charge is 2.42. The molecule has 1 saturated heterocycles. The van der Waals surface area contributed by atoms with Gasteiger partial charge in [0.1, 0.15) is 12.7 Å². The van der Waals surface area contributed by atoms with Gasteiger partial charge in [-0.2, -0.15) is 0 Å². The fourth-order valence-electron chi connectivity index (χ4n) is 4.79. The molecule has 1 fully saturated rings. The van der Waals surface area contributed by atoms with E-state index in [1.54, 1.807) is 24.9 Å². The summed E-state index contributed by atoms with van der Waals surface area (Å²) in [6.07, 6.45) is 6.23. The van der Waals surface area contributed by atoms with Crippen LogP contribution in [0, 0.1) is 20.8 Å². The summed E-state index contributed by atoms with van der Waals surface area (Å²) >= 11 is 5.85. The van der Waals surface area contributed by atoms with E-state index in [-0.39, 0.29) is 12.1 Å². The summed E-state index contributed by atoms with van der Waals surface area (Å²) in [6.45, 7) is 5.96. The number of nitrogens with one attached hydrogen (secondary N) is 2. The molecule has 1 aliphatic heterocycles. The van der Waals surface area contributed by atoms with Crippen molar-refractivity contribution in [3.8, 4) is 0 Å². The zero-order chi connectivity index (χ0) is 25.6. The number of aromatic nitrogens is 5. The molecule has 1 aliphatic rings. The topological polar surface area (TPSA) is 110 Å². The number of anilines is 2. The van der Waals surface area contributed by atoms with Crippen molar-refractivity contribution in [1.82, 2.24) is 29.9 Å². The predicted molar refractivity (Wildman–Crippen MR) is 142 cm³/mol. The summed E-state index contributed by atoms with van der Waals surface area (Å²) in [4.78, 5) is 6.70. The Morgan fingerprint density at radius 3 is 2.44 bits per heavy atom. The van der Waals surface area contributed by atoms with E-state index in [4.69, 9.17) is 12.2 Å². The van der Waals surface area contributed by atoms with Crippen molar-refractivity contribution in [2.75, 3.05) is 15.9 Å². The van der Waals surface area contributed by atoms with Crippen LogP contribution in [0.2, 0.25) is 0 Å². The van der Waals surface area contributed by atoms with Gasteiger partial charge in [0.2, 0.25) is 10.0 Å². The summed E-state index contributed by atoms with van der Waals surface area (Å²) < 4.78 is 30.0. The Labute approximate surface area is 215 Å². The zero-order valence-electron chi connectivity index (χ0n) is 20.2. The van der Waals surface area contributed by atoms with Gasteiger partial charge in [-0.1, -0.05) is 6.07 Å². The quantitative estimate of drug-likeness (QED) is 0.372. The fourth-order valence-corrected chi connectivity index (χ4v) is 5.77. The lowest BCUT2D eigenvalue weighted by atomic mass is 9.96. The Hall–Kier alpha value is -3.77. The van der Waals surface area contributed by atoms with Crippen molar-refractivity contribution in [1.29, 1.82) is 0 Å². The third-order valence-corrected chi connectivity index (χ3v) is 7.18. The van der Waals surface area contributed by atoms with E-state index in [1.165, 1.54) is 0 Å². The van der Waals surface area contributed by atoms with Crippen LogP contribution in [-0.2, 0) is 10.0 Å². The maximum Gasteiger partial charge on any atom is 0.229 e. The van der Waals surface area contributed by atoms with Crippen LogP contribution in [0.5, 0.6) is 0 Å². The molecule has 4 heterocycles. The Morgan fingerprint density at radius 1 is 1.06 bits per heavy atom. The minimum Gasteiger partial charge on any atom is -0.351 e. The number of sulfonamides is 1. The molecule has 0 unspecified atom stereocenters. The molecule has 0 amide bonds. The second kappa shape index (κ2) is 9.03. The average molecular weight is 523 g/mol. The van der Waals surface area contributed by atoms with Gasteiger partial charge in [0.15, 0.2) is 5.11 Å². The van der Waals surface area contributed by atoms with Gasteiger partial charge in [0.05, 0.1) is 29.7 Å². The van der Waals surface area contributed by atoms with Crippen molar-refractivity contribution in [3.63, 3.8) is 0 Å². The third-order valence-electron chi connectivity index (χ3n) is 6.27. The first-order valence-corrected chi connectivity index (χ1v) is 13.6. The highest BCUT2D eigenvalue weighted by molar-refractivity contribution is 7.92. The molecule has 5 rings (SSSR count). The van der Waals surface area contributed by atoms with E-state index in [2.05, 4.69) is 47.8 Å². The van der Waals surface area contributed by atoms with Crippen LogP contribution in [0.15, 0.2) is 61.3 Å². The molecule has 10 nitrogen and oxygen atoms in total. The highest BCUT2D eigenvalue weighted by Crippen LogP contribution is 2.43. The number of pyridine rings is 1. The van der Waals surface area contributed by atoms with Crippen molar-refractivity contribution in [2.45, 2.75) is 32.9 Å². The van der Waals surface area contributed by atoms with Gasteiger partial charge in [0.25, 0.3) is 0 Å². The van der Waals surface area contributed by atoms with E-state index in [9.17, 15) is 8.42 Å². The first-order chi connectivity index (χ1) is 17.1. The van der Waals surface area contributed by atoms with Gasteiger partial charge in [-0.25, -0.2) is 13.1 Å². The summed E-state index contributed by atoms with van der Waals surface area (Å²) in [5.41, 5.74) is 6.14. The van der Waals surface area contributed by atoms with Gasteiger partial charge in [-0.05, 0) is 75.0 Å². The van der Waals surface area contributed by atoms with E-state index < -0.39 is 10.0 Å². The number of aryl methyl sites for hydroxylation is 2. The Bertz CT molecular complexity index is 1530. The largest absolute Gasteiger partial charge is 0.351 e. The van der Waals surface area contributed by atoms with Gasteiger partial charge >= 0.3 is 0 Å². The van der Waals surface area contributed by atoms with Crippen molar-refractivity contribution in [2.24, 2.45) is 0 Å². The van der Waals surface area contributed by atoms with Crippen LogP contribution >= 0.6 is 12.2 Å². The molecule has 186 valence electrons. The predicted octanol–water partition coefficient (Wildman–Crippen LogP) is 3.26. The number of hydrogen-bond donors (Lipinski definition) is 2. The minimum absolute atomic E-state index is 0.206. The van der Waals surface area contributed by atoms with E-state index >= 15 is 0 Å². The molecule has 36 heavy (non-hydrogen) atoms. The monoisotopic (exact) mass is 522 g/mol. The molecule has 0 saturated carbocycles. The minimum atomic E-state index is -3.40. The van der Waals surface area contributed by atoms with E-state index in [0.29, 0.717) is 10.8 Å². The number of nitrogens with zero attached hydrogens (tertiary/aromatic N) is 6. The Kier molecular flexibility index (Phi) is 6.00. The second-order valence-corrected chi connectivity index (χ2v) is 11.0. The van der Waals surface area contributed by atoms with E-state index in [1.807, 2.05) is 48.9 Å². The first-order valence-electron chi connectivity index (χ1n) is 11.3. The van der Waals surface area contributed by atoms with Crippen molar-refractivity contribution in [3.05, 3.63) is 89.5 Å². The molecule has 2 atom stereocenters. The third kappa shape index (κ3) is 4.33. The molecule has 0 radical (unpaired) electrons.